The maximum Gasteiger partial charge on any atom is 0.339 e. The van der Waals surface area contributed by atoms with Crippen molar-refractivity contribution in [1.82, 2.24) is 10.3 Å². The van der Waals surface area contributed by atoms with Crippen LogP contribution in [0.1, 0.15) is 34.5 Å². The maximum absolute atomic E-state index is 12.3. The molecule has 22 heavy (non-hydrogen) atoms. The Morgan fingerprint density at radius 3 is 2.77 bits per heavy atom. The van der Waals surface area contributed by atoms with Crippen LogP contribution in [0.25, 0.3) is 0 Å². The first-order valence-corrected chi connectivity index (χ1v) is 7.14. The van der Waals surface area contributed by atoms with Crippen LogP contribution < -0.4 is 5.32 Å². The van der Waals surface area contributed by atoms with E-state index in [1.807, 2.05) is 31.2 Å². The molecular weight excluding hydrogens is 280 g/mol. The minimum atomic E-state index is -0.785. The van der Waals surface area contributed by atoms with Crippen molar-refractivity contribution in [3.05, 3.63) is 65.5 Å². The van der Waals surface area contributed by atoms with Crippen LogP contribution in [-0.2, 0) is 16.0 Å². The van der Waals surface area contributed by atoms with Crippen molar-refractivity contribution in [2.24, 2.45) is 0 Å². The summed E-state index contributed by atoms with van der Waals surface area (Å²) in [6.07, 6.45) is 2.97. The summed E-state index contributed by atoms with van der Waals surface area (Å²) in [6.45, 7) is 1.88. The minimum absolute atomic E-state index is 0.175. The fourth-order valence-corrected chi connectivity index (χ4v) is 2.52. The summed E-state index contributed by atoms with van der Waals surface area (Å²) in [7, 11) is 0. The maximum atomic E-state index is 12.3. The largest absolute Gasteiger partial charge is 0.448 e. The Kier molecular flexibility index (Phi) is 3.87. The monoisotopic (exact) mass is 296 g/mol. The fraction of sp³-hybridized carbons (Fsp3) is 0.235. The summed E-state index contributed by atoms with van der Waals surface area (Å²) in [5, 5.41) is 2.87. The molecule has 0 saturated heterocycles. The number of carbonyl (C=O) groups excluding carboxylic acids is 2. The van der Waals surface area contributed by atoms with Gasteiger partial charge in [0.25, 0.3) is 5.91 Å². The molecule has 0 saturated carbocycles. The van der Waals surface area contributed by atoms with E-state index in [2.05, 4.69) is 10.3 Å². The van der Waals surface area contributed by atoms with Crippen LogP contribution in [-0.4, -0.2) is 23.0 Å². The topological polar surface area (TPSA) is 68.3 Å². The number of fused-ring (bicyclic) bond motifs is 1. The zero-order valence-corrected chi connectivity index (χ0v) is 12.2. The molecule has 5 heteroatoms. The Morgan fingerprint density at radius 2 is 2.00 bits per heavy atom. The zero-order chi connectivity index (χ0) is 15.5. The van der Waals surface area contributed by atoms with Gasteiger partial charge in [-0.15, -0.1) is 0 Å². The molecule has 2 atom stereocenters. The summed E-state index contributed by atoms with van der Waals surface area (Å²) in [6, 6.07) is 10.7. The molecule has 2 heterocycles. The first-order chi connectivity index (χ1) is 10.6. The van der Waals surface area contributed by atoms with Gasteiger partial charge >= 0.3 is 5.97 Å². The smallest absolute Gasteiger partial charge is 0.339 e. The van der Waals surface area contributed by atoms with Crippen molar-refractivity contribution in [2.75, 3.05) is 0 Å². The number of pyridine rings is 1. The van der Waals surface area contributed by atoms with Crippen molar-refractivity contribution >= 4 is 11.9 Å². The second kappa shape index (κ2) is 5.97. The van der Waals surface area contributed by atoms with E-state index in [1.54, 1.807) is 24.5 Å². The lowest BCUT2D eigenvalue weighted by atomic mass is 9.98. The van der Waals surface area contributed by atoms with Crippen LogP contribution in [0.2, 0.25) is 0 Å². The Balaban J connectivity index is 1.70. The van der Waals surface area contributed by atoms with Crippen molar-refractivity contribution in [3.63, 3.8) is 0 Å². The van der Waals surface area contributed by atoms with Crippen molar-refractivity contribution in [2.45, 2.75) is 25.5 Å². The molecule has 0 fully saturated rings. The van der Waals surface area contributed by atoms with Gasteiger partial charge in [0.1, 0.15) is 0 Å². The molecular formula is C17H16N2O3. The van der Waals surface area contributed by atoms with E-state index in [-0.39, 0.29) is 11.9 Å². The predicted octanol–water partition coefficient (Wildman–Crippen LogP) is 2.04. The van der Waals surface area contributed by atoms with E-state index in [4.69, 9.17) is 4.74 Å². The fourth-order valence-electron chi connectivity index (χ4n) is 2.52. The average molecular weight is 296 g/mol. The van der Waals surface area contributed by atoms with E-state index in [0.29, 0.717) is 12.0 Å². The van der Waals surface area contributed by atoms with Crippen molar-refractivity contribution in [1.29, 1.82) is 0 Å². The summed E-state index contributed by atoms with van der Waals surface area (Å²) in [5.41, 5.74) is 2.33. The second-order valence-electron chi connectivity index (χ2n) is 5.27. The molecule has 0 spiro atoms. The van der Waals surface area contributed by atoms with Gasteiger partial charge in [0.15, 0.2) is 6.10 Å². The highest BCUT2D eigenvalue weighted by Gasteiger charge is 2.31. The Hall–Kier alpha value is -2.69. The van der Waals surface area contributed by atoms with Crippen molar-refractivity contribution in [3.8, 4) is 0 Å². The third-order valence-electron chi connectivity index (χ3n) is 3.75. The van der Waals surface area contributed by atoms with Gasteiger partial charge in [0.2, 0.25) is 0 Å². The highest BCUT2D eigenvalue weighted by Crippen LogP contribution is 2.21. The van der Waals surface area contributed by atoms with E-state index in [0.717, 1.165) is 11.1 Å². The number of nitrogens with one attached hydrogen (secondary N) is 1. The van der Waals surface area contributed by atoms with Crippen molar-refractivity contribution < 1.29 is 14.3 Å². The minimum Gasteiger partial charge on any atom is -0.448 e. The Morgan fingerprint density at radius 1 is 1.27 bits per heavy atom. The SMILES string of the molecule is C[C@@H](NC(=O)[C@H]1Cc2ccccc2C(=O)O1)c1ccncc1. The molecule has 5 nitrogen and oxygen atoms in total. The van der Waals surface area contributed by atoms with Crippen LogP contribution >= 0.6 is 0 Å². The lowest BCUT2D eigenvalue weighted by Gasteiger charge is -2.25. The second-order valence-corrected chi connectivity index (χ2v) is 5.27. The molecule has 1 amide bonds. The quantitative estimate of drug-likeness (QED) is 0.880. The highest BCUT2D eigenvalue weighted by molar-refractivity contribution is 5.95. The van der Waals surface area contributed by atoms with E-state index >= 15 is 0 Å². The molecule has 1 N–H and O–H groups in total. The number of hydrogen-bond donors (Lipinski definition) is 1. The lowest BCUT2D eigenvalue weighted by Crippen LogP contribution is -2.42. The number of rotatable bonds is 3. The molecule has 0 radical (unpaired) electrons. The lowest BCUT2D eigenvalue weighted by molar-refractivity contribution is -0.131. The summed E-state index contributed by atoms with van der Waals surface area (Å²) >= 11 is 0. The van der Waals surface area contributed by atoms with Gasteiger partial charge in [-0.05, 0) is 36.2 Å². The number of esters is 1. The third kappa shape index (κ3) is 2.83. The average Bonchev–Trinajstić information content (AvgIpc) is 2.55. The van der Waals surface area contributed by atoms with Gasteiger partial charge < -0.3 is 10.1 Å². The molecule has 3 rings (SSSR count). The number of amides is 1. The van der Waals surface area contributed by atoms with E-state index < -0.39 is 12.1 Å². The number of hydrogen-bond acceptors (Lipinski definition) is 4. The normalized spacial score (nSPS) is 18.0. The van der Waals surface area contributed by atoms with Gasteiger partial charge in [-0.25, -0.2) is 4.79 Å². The van der Waals surface area contributed by atoms with Crippen LogP contribution in [0.5, 0.6) is 0 Å². The molecule has 1 aliphatic heterocycles. The summed E-state index contributed by atoms with van der Waals surface area (Å²) in [4.78, 5) is 28.2. The third-order valence-corrected chi connectivity index (χ3v) is 3.75. The molecule has 0 unspecified atom stereocenters. The standard InChI is InChI=1S/C17H16N2O3/c1-11(12-6-8-18-9-7-12)19-16(20)15-10-13-4-2-3-5-14(13)17(21)22-15/h2-9,11,15H,10H2,1H3,(H,19,20)/t11-,15-/m1/s1. The number of carbonyl (C=O) groups is 2. The zero-order valence-electron chi connectivity index (χ0n) is 12.2. The molecule has 0 bridgehead atoms. The summed E-state index contributed by atoms with van der Waals surface area (Å²) in [5.74, 6) is -0.731. The van der Waals surface area contributed by atoms with E-state index in [9.17, 15) is 9.59 Å². The number of aromatic nitrogens is 1. The van der Waals surface area contributed by atoms with Crippen LogP contribution in [0.3, 0.4) is 0 Å². The molecule has 1 aromatic heterocycles. The Bertz CT molecular complexity index is 700. The number of cyclic esters (lactones) is 1. The first-order valence-electron chi connectivity index (χ1n) is 7.14. The van der Waals surface area contributed by atoms with Gasteiger partial charge in [-0.2, -0.15) is 0 Å². The first kappa shape index (κ1) is 14.3. The summed E-state index contributed by atoms with van der Waals surface area (Å²) < 4.78 is 5.25. The van der Waals surface area contributed by atoms with Crippen LogP contribution in [0.15, 0.2) is 48.8 Å². The number of benzene rings is 1. The molecule has 2 aromatic rings. The molecule has 112 valence electrons. The Labute approximate surface area is 128 Å². The van der Waals surface area contributed by atoms with Crippen LogP contribution in [0.4, 0.5) is 0 Å². The number of ether oxygens (including phenoxy) is 1. The molecule has 1 aromatic carbocycles. The predicted molar refractivity (Wildman–Crippen MR) is 80.1 cm³/mol. The number of nitrogens with zero attached hydrogens (tertiary/aromatic N) is 1. The van der Waals surface area contributed by atoms with Gasteiger partial charge in [-0.3, -0.25) is 9.78 Å². The van der Waals surface area contributed by atoms with Gasteiger partial charge in [0, 0.05) is 18.8 Å². The van der Waals surface area contributed by atoms with E-state index in [1.165, 1.54) is 0 Å². The van der Waals surface area contributed by atoms with Crippen LogP contribution in [0, 0.1) is 0 Å². The van der Waals surface area contributed by atoms with Gasteiger partial charge in [0.05, 0.1) is 11.6 Å². The highest BCUT2D eigenvalue weighted by atomic mass is 16.5. The van der Waals surface area contributed by atoms with Gasteiger partial charge in [-0.1, -0.05) is 18.2 Å². The molecule has 0 aliphatic carbocycles. The molecule has 1 aliphatic rings.